The summed E-state index contributed by atoms with van der Waals surface area (Å²) in [4.78, 5) is 28.2. The quantitative estimate of drug-likeness (QED) is 0.226. The summed E-state index contributed by atoms with van der Waals surface area (Å²) in [5, 5.41) is 11.7. The highest BCUT2D eigenvalue weighted by atomic mass is 16.7. The summed E-state index contributed by atoms with van der Waals surface area (Å²) in [7, 11) is 1.50. The number of carbonyl (C=O) groups excluding carboxylic acids is 2. The molecule has 0 aliphatic carbocycles. The molecule has 3 N–H and O–H groups in total. The Kier molecular flexibility index (Phi) is 9.66. The number of nitrogens with zero attached hydrogens (tertiary/aromatic N) is 1. The van der Waals surface area contributed by atoms with Crippen molar-refractivity contribution in [2.75, 3.05) is 20.5 Å². The van der Waals surface area contributed by atoms with Gasteiger partial charge < -0.3 is 14.8 Å². The molecule has 2 aromatic rings. The fraction of sp³-hybridized carbons (Fsp3) is 0.318. The molecule has 1 aromatic heterocycles. The zero-order chi connectivity index (χ0) is 21.8. The zero-order valence-electron chi connectivity index (χ0n) is 17.1. The first-order chi connectivity index (χ1) is 14.5. The van der Waals surface area contributed by atoms with Crippen molar-refractivity contribution in [3.05, 3.63) is 65.5 Å². The van der Waals surface area contributed by atoms with E-state index in [0.717, 1.165) is 11.1 Å². The number of aromatic nitrogens is 1. The van der Waals surface area contributed by atoms with Gasteiger partial charge in [0, 0.05) is 31.0 Å². The molecule has 0 radical (unpaired) electrons. The molecule has 0 aliphatic rings. The van der Waals surface area contributed by atoms with Crippen LogP contribution in [0.1, 0.15) is 34.8 Å². The highest BCUT2D eigenvalue weighted by Crippen LogP contribution is 2.12. The molecule has 0 fully saturated rings. The number of amides is 2. The number of hydroxylamine groups is 1. The lowest BCUT2D eigenvalue weighted by atomic mass is 10.0. The number of hydrogen-bond acceptors (Lipinski definition) is 6. The fourth-order valence-electron chi connectivity index (χ4n) is 2.77. The number of benzene rings is 1. The molecule has 2 amide bonds. The van der Waals surface area contributed by atoms with E-state index in [0.29, 0.717) is 12.0 Å². The monoisotopic (exact) mass is 413 g/mol. The minimum Gasteiger partial charge on any atom is -0.359 e. The van der Waals surface area contributed by atoms with Crippen molar-refractivity contribution in [2.24, 2.45) is 5.92 Å². The minimum atomic E-state index is -0.522. The van der Waals surface area contributed by atoms with E-state index in [-0.39, 0.29) is 19.3 Å². The summed E-state index contributed by atoms with van der Waals surface area (Å²) in [6.07, 6.45) is 7.67. The van der Waals surface area contributed by atoms with Gasteiger partial charge in [0.2, 0.25) is 5.91 Å². The Balaban J connectivity index is 1.99. The zero-order valence-corrected chi connectivity index (χ0v) is 17.1. The number of nitrogens with one attached hydrogen (secondary N) is 2. The smallest absolute Gasteiger partial charge is 0.251 e. The lowest BCUT2D eigenvalue weighted by Gasteiger charge is -2.21. The van der Waals surface area contributed by atoms with Crippen LogP contribution < -0.4 is 10.8 Å². The second kappa shape index (κ2) is 12.5. The maximum absolute atomic E-state index is 12.6. The fourth-order valence-corrected chi connectivity index (χ4v) is 2.77. The number of carbonyl (C=O) groups is 2. The van der Waals surface area contributed by atoms with E-state index >= 15 is 0 Å². The van der Waals surface area contributed by atoms with E-state index < -0.39 is 17.9 Å². The summed E-state index contributed by atoms with van der Waals surface area (Å²) >= 11 is 0. The van der Waals surface area contributed by atoms with E-state index in [4.69, 9.17) is 14.7 Å². The second-order valence-electron chi connectivity index (χ2n) is 6.80. The first-order valence-electron chi connectivity index (χ1n) is 9.53. The molecular formula is C22H27N3O5. The van der Waals surface area contributed by atoms with E-state index in [2.05, 4.69) is 10.3 Å². The van der Waals surface area contributed by atoms with Gasteiger partial charge in [-0.3, -0.25) is 19.8 Å². The molecule has 0 spiro atoms. The van der Waals surface area contributed by atoms with Crippen molar-refractivity contribution in [3.8, 4) is 0 Å². The SMILES string of the molecule is COCOC[C@H](C[C@H](C)C(=O)NO)NC(=O)c1ccc(C=Cc2ccncc2)cc1. The first kappa shape index (κ1) is 23.2. The van der Waals surface area contributed by atoms with Gasteiger partial charge in [0.05, 0.1) is 12.6 Å². The molecule has 1 aromatic carbocycles. The lowest BCUT2D eigenvalue weighted by molar-refractivity contribution is -0.133. The summed E-state index contributed by atoms with van der Waals surface area (Å²) in [6, 6.07) is 10.6. The second-order valence-corrected chi connectivity index (χ2v) is 6.80. The van der Waals surface area contributed by atoms with E-state index in [1.54, 1.807) is 36.9 Å². The van der Waals surface area contributed by atoms with Gasteiger partial charge in [0.25, 0.3) is 5.91 Å². The third-order valence-electron chi connectivity index (χ3n) is 4.40. The number of rotatable bonds is 11. The first-order valence-corrected chi connectivity index (χ1v) is 9.53. The highest BCUT2D eigenvalue weighted by Gasteiger charge is 2.21. The van der Waals surface area contributed by atoms with Crippen LogP contribution >= 0.6 is 0 Å². The van der Waals surface area contributed by atoms with Crippen LogP contribution in [0.3, 0.4) is 0 Å². The summed E-state index contributed by atoms with van der Waals surface area (Å²) in [5.41, 5.74) is 4.11. The van der Waals surface area contributed by atoms with Crippen molar-refractivity contribution in [1.82, 2.24) is 15.8 Å². The molecule has 8 heteroatoms. The topological polar surface area (TPSA) is 110 Å². The molecule has 8 nitrogen and oxygen atoms in total. The predicted molar refractivity (Wildman–Crippen MR) is 112 cm³/mol. The van der Waals surface area contributed by atoms with Gasteiger partial charge >= 0.3 is 0 Å². The van der Waals surface area contributed by atoms with E-state index in [9.17, 15) is 9.59 Å². The van der Waals surface area contributed by atoms with E-state index in [1.807, 2.05) is 36.4 Å². The molecular weight excluding hydrogens is 386 g/mol. The van der Waals surface area contributed by atoms with Crippen LogP contribution in [0.15, 0.2) is 48.8 Å². The molecule has 0 unspecified atom stereocenters. The molecule has 0 saturated carbocycles. The molecule has 1 heterocycles. The number of hydrogen-bond donors (Lipinski definition) is 3. The molecule has 0 aliphatic heterocycles. The Morgan fingerprint density at radius 1 is 1.10 bits per heavy atom. The van der Waals surface area contributed by atoms with Crippen LogP contribution in [0, 0.1) is 5.92 Å². The van der Waals surface area contributed by atoms with Crippen molar-refractivity contribution in [2.45, 2.75) is 19.4 Å². The summed E-state index contributed by atoms with van der Waals surface area (Å²) in [5.74, 6) is -1.30. The average molecular weight is 413 g/mol. The van der Waals surface area contributed by atoms with Gasteiger partial charge in [-0.1, -0.05) is 31.2 Å². The van der Waals surface area contributed by atoms with Crippen LogP contribution in [0.4, 0.5) is 0 Å². The van der Waals surface area contributed by atoms with Gasteiger partial charge in [-0.25, -0.2) is 5.48 Å². The molecule has 2 atom stereocenters. The van der Waals surface area contributed by atoms with Gasteiger partial charge in [-0.2, -0.15) is 0 Å². The Morgan fingerprint density at radius 3 is 2.33 bits per heavy atom. The molecule has 0 bridgehead atoms. The minimum absolute atomic E-state index is 0.0749. The Morgan fingerprint density at radius 2 is 1.73 bits per heavy atom. The molecule has 0 saturated heterocycles. The standard InChI is InChI=1S/C22H27N3O5/c1-16(21(26)25-28)13-20(14-30-15-29-2)24-22(27)19-7-5-17(6-8-19)3-4-18-9-11-23-12-10-18/h3-12,16,20,28H,13-15H2,1-2H3,(H,24,27)(H,25,26)/t16-,20-/m0/s1. The average Bonchev–Trinajstić information content (AvgIpc) is 2.78. The molecule has 160 valence electrons. The van der Waals surface area contributed by atoms with Gasteiger partial charge in [0.15, 0.2) is 0 Å². The lowest BCUT2D eigenvalue weighted by Crippen LogP contribution is -2.41. The number of ether oxygens (including phenoxy) is 2. The van der Waals surface area contributed by atoms with Crippen LogP contribution in [0.2, 0.25) is 0 Å². The van der Waals surface area contributed by atoms with Gasteiger partial charge in [-0.15, -0.1) is 0 Å². The van der Waals surface area contributed by atoms with Crippen LogP contribution in [-0.4, -0.2) is 48.6 Å². The normalized spacial score (nSPS) is 13.0. The Bertz CT molecular complexity index is 824. The third-order valence-corrected chi connectivity index (χ3v) is 4.40. The van der Waals surface area contributed by atoms with Crippen molar-refractivity contribution >= 4 is 24.0 Å². The van der Waals surface area contributed by atoms with Crippen molar-refractivity contribution < 1.29 is 24.3 Å². The van der Waals surface area contributed by atoms with Gasteiger partial charge in [-0.05, 0) is 41.8 Å². The van der Waals surface area contributed by atoms with Crippen LogP contribution in [0.25, 0.3) is 12.2 Å². The number of pyridine rings is 1. The Labute approximate surface area is 175 Å². The van der Waals surface area contributed by atoms with Crippen molar-refractivity contribution in [3.63, 3.8) is 0 Å². The maximum atomic E-state index is 12.6. The summed E-state index contributed by atoms with van der Waals surface area (Å²) in [6.45, 7) is 1.91. The maximum Gasteiger partial charge on any atom is 0.251 e. The highest BCUT2D eigenvalue weighted by molar-refractivity contribution is 5.94. The predicted octanol–water partition coefficient (Wildman–Crippen LogP) is 2.50. The number of methoxy groups -OCH3 is 1. The largest absolute Gasteiger partial charge is 0.359 e. The molecule has 30 heavy (non-hydrogen) atoms. The van der Waals surface area contributed by atoms with Crippen LogP contribution in [-0.2, 0) is 14.3 Å². The van der Waals surface area contributed by atoms with Crippen LogP contribution in [0.5, 0.6) is 0 Å². The third kappa shape index (κ3) is 7.75. The molecule has 2 rings (SSSR count). The van der Waals surface area contributed by atoms with Crippen molar-refractivity contribution in [1.29, 1.82) is 0 Å². The van der Waals surface area contributed by atoms with E-state index in [1.165, 1.54) is 7.11 Å². The Hall–Kier alpha value is -3.07. The van der Waals surface area contributed by atoms with Gasteiger partial charge in [0.1, 0.15) is 6.79 Å². The summed E-state index contributed by atoms with van der Waals surface area (Å²) < 4.78 is 10.2.